The second-order valence-corrected chi connectivity index (χ2v) is 4.80. The van der Waals surface area contributed by atoms with E-state index in [4.69, 9.17) is 0 Å². The van der Waals surface area contributed by atoms with Crippen molar-refractivity contribution in [2.45, 2.75) is 6.18 Å². The van der Waals surface area contributed by atoms with Gasteiger partial charge in [0.05, 0.1) is 17.2 Å². The van der Waals surface area contributed by atoms with Crippen LogP contribution < -0.4 is 5.43 Å². The van der Waals surface area contributed by atoms with Gasteiger partial charge in [-0.25, -0.2) is 14.4 Å². The fraction of sp³-hybridized carbons (Fsp3) is 0.0625. The van der Waals surface area contributed by atoms with E-state index in [2.05, 4.69) is 20.5 Å². The minimum atomic E-state index is -4.70. The Hall–Kier alpha value is -3.03. The fourth-order valence-corrected chi connectivity index (χ4v) is 2.02. The van der Waals surface area contributed by atoms with E-state index in [1.807, 2.05) is 0 Å². The Labute approximate surface area is 133 Å². The van der Waals surface area contributed by atoms with Crippen LogP contribution in [-0.2, 0) is 6.18 Å². The van der Waals surface area contributed by atoms with Gasteiger partial charge in [-0.15, -0.1) is 0 Å². The molecule has 0 aliphatic carbocycles. The minimum Gasteiger partial charge on any atom is -0.260 e. The molecule has 0 fully saturated rings. The van der Waals surface area contributed by atoms with E-state index >= 15 is 0 Å². The van der Waals surface area contributed by atoms with Crippen LogP contribution in [0.2, 0.25) is 0 Å². The largest absolute Gasteiger partial charge is 0.437 e. The van der Waals surface area contributed by atoms with Gasteiger partial charge in [0, 0.05) is 5.56 Å². The van der Waals surface area contributed by atoms with Gasteiger partial charge in [-0.05, 0) is 18.2 Å². The van der Waals surface area contributed by atoms with E-state index in [1.54, 1.807) is 18.2 Å². The summed E-state index contributed by atoms with van der Waals surface area (Å²) in [5.41, 5.74) is 1.55. The lowest BCUT2D eigenvalue weighted by atomic mass is 10.2. The zero-order chi connectivity index (χ0) is 17.2. The zero-order valence-corrected chi connectivity index (χ0v) is 12.0. The fourth-order valence-electron chi connectivity index (χ4n) is 2.02. The molecule has 0 atom stereocenters. The number of hydrogen-bond donors (Lipinski definition) is 1. The molecule has 122 valence electrons. The van der Waals surface area contributed by atoms with Gasteiger partial charge in [-0.2, -0.15) is 18.3 Å². The molecular weight excluding hydrogens is 324 g/mol. The summed E-state index contributed by atoms with van der Waals surface area (Å²) in [4.78, 5) is 7.49. The third-order valence-electron chi connectivity index (χ3n) is 3.12. The summed E-state index contributed by atoms with van der Waals surface area (Å²) in [5, 5.41) is 3.64. The Morgan fingerprint density at radius 2 is 1.54 bits per heavy atom. The number of nitrogens with zero attached hydrogens (tertiary/aromatic N) is 3. The predicted octanol–water partition coefficient (Wildman–Crippen LogP) is 4.23. The van der Waals surface area contributed by atoms with Crippen LogP contribution in [0.3, 0.4) is 0 Å². The number of alkyl halides is 3. The average molecular weight is 334 g/mol. The van der Waals surface area contributed by atoms with Crippen molar-refractivity contribution in [2.75, 3.05) is 5.43 Å². The van der Waals surface area contributed by atoms with Crippen molar-refractivity contribution in [3.63, 3.8) is 0 Å². The first-order valence-corrected chi connectivity index (χ1v) is 6.83. The smallest absolute Gasteiger partial charge is 0.260 e. The third kappa shape index (κ3) is 3.32. The minimum absolute atomic E-state index is 0.119. The number of nitrogens with one attached hydrogen (secondary N) is 1. The maximum atomic E-state index is 13.5. The van der Waals surface area contributed by atoms with Crippen LogP contribution in [0.15, 0.2) is 53.6 Å². The van der Waals surface area contributed by atoms with E-state index in [0.717, 1.165) is 6.21 Å². The van der Waals surface area contributed by atoms with E-state index in [9.17, 15) is 17.6 Å². The molecule has 8 heteroatoms. The number of rotatable bonds is 3. The summed E-state index contributed by atoms with van der Waals surface area (Å²) >= 11 is 0. The standard InChI is InChI=1S/C16H10F4N4/c17-11-6-2-1-5-10(11)9-21-24-15-14(16(18,19)20)22-12-7-3-4-8-13(12)23-15/h1-9H,(H,23,24)/b21-9+. The Kier molecular flexibility index (Phi) is 4.11. The molecule has 0 saturated heterocycles. The first-order chi connectivity index (χ1) is 11.4. The second kappa shape index (κ2) is 6.23. The lowest BCUT2D eigenvalue weighted by molar-refractivity contribution is -0.140. The lowest BCUT2D eigenvalue weighted by Gasteiger charge is -2.11. The Bertz CT molecular complexity index is 906. The van der Waals surface area contributed by atoms with Crippen molar-refractivity contribution >= 4 is 23.1 Å². The monoisotopic (exact) mass is 334 g/mol. The van der Waals surface area contributed by atoms with Crippen molar-refractivity contribution in [1.82, 2.24) is 9.97 Å². The molecule has 2 aromatic carbocycles. The van der Waals surface area contributed by atoms with Crippen molar-refractivity contribution in [3.05, 3.63) is 65.6 Å². The van der Waals surface area contributed by atoms with E-state index in [1.165, 1.54) is 30.3 Å². The van der Waals surface area contributed by atoms with Gasteiger partial charge in [0.1, 0.15) is 5.82 Å². The van der Waals surface area contributed by atoms with Crippen molar-refractivity contribution < 1.29 is 17.6 Å². The van der Waals surface area contributed by atoms with Gasteiger partial charge < -0.3 is 0 Å². The van der Waals surface area contributed by atoms with Gasteiger partial charge in [0.2, 0.25) is 0 Å². The maximum Gasteiger partial charge on any atom is 0.437 e. The molecule has 1 heterocycles. The van der Waals surface area contributed by atoms with Gasteiger partial charge in [-0.1, -0.05) is 30.3 Å². The predicted molar refractivity (Wildman–Crippen MR) is 82.2 cm³/mol. The van der Waals surface area contributed by atoms with Crippen LogP contribution in [0.5, 0.6) is 0 Å². The molecule has 0 aliphatic rings. The number of para-hydroxylation sites is 2. The summed E-state index contributed by atoms with van der Waals surface area (Å²) in [6.45, 7) is 0. The molecule has 0 bridgehead atoms. The van der Waals surface area contributed by atoms with Gasteiger partial charge in [0.25, 0.3) is 0 Å². The topological polar surface area (TPSA) is 50.2 Å². The molecule has 0 spiro atoms. The number of anilines is 1. The van der Waals surface area contributed by atoms with E-state index < -0.39 is 23.5 Å². The molecular formula is C16H10F4N4. The zero-order valence-electron chi connectivity index (χ0n) is 12.0. The Morgan fingerprint density at radius 3 is 2.21 bits per heavy atom. The van der Waals surface area contributed by atoms with Crippen molar-refractivity contribution in [3.8, 4) is 0 Å². The highest BCUT2D eigenvalue weighted by molar-refractivity contribution is 5.81. The van der Waals surface area contributed by atoms with Crippen LogP contribution in [0.25, 0.3) is 11.0 Å². The maximum absolute atomic E-state index is 13.5. The first kappa shape index (κ1) is 15.9. The van der Waals surface area contributed by atoms with Gasteiger partial charge in [-0.3, -0.25) is 5.43 Å². The molecule has 0 saturated carbocycles. The summed E-state index contributed by atoms with van der Waals surface area (Å²) in [6, 6.07) is 11.9. The number of halogens is 4. The average Bonchev–Trinajstić information content (AvgIpc) is 2.55. The highest BCUT2D eigenvalue weighted by atomic mass is 19.4. The number of fused-ring (bicyclic) bond motifs is 1. The van der Waals surface area contributed by atoms with Gasteiger partial charge in [0.15, 0.2) is 11.5 Å². The lowest BCUT2D eigenvalue weighted by Crippen LogP contribution is -2.13. The third-order valence-corrected chi connectivity index (χ3v) is 3.12. The molecule has 3 aromatic rings. The molecule has 3 rings (SSSR count). The molecule has 24 heavy (non-hydrogen) atoms. The highest BCUT2D eigenvalue weighted by Gasteiger charge is 2.37. The van der Waals surface area contributed by atoms with Crippen LogP contribution in [0, 0.1) is 5.82 Å². The second-order valence-electron chi connectivity index (χ2n) is 4.80. The summed E-state index contributed by atoms with van der Waals surface area (Å²) in [7, 11) is 0. The Morgan fingerprint density at radius 1 is 0.917 bits per heavy atom. The molecule has 1 N–H and O–H groups in total. The van der Waals surface area contributed by atoms with Crippen LogP contribution in [-0.4, -0.2) is 16.2 Å². The summed E-state index contributed by atoms with van der Waals surface area (Å²) in [5.74, 6) is -1.09. The first-order valence-electron chi connectivity index (χ1n) is 6.83. The van der Waals surface area contributed by atoms with E-state index in [0.29, 0.717) is 0 Å². The van der Waals surface area contributed by atoms with E-state index in [-0.39, 0.29) is 16.6 Å². The summed E-state index contributed by atoms with van der Waals surface area (Å²) < 4.78 is 52.9. The van der Waals surface area contributed by atoms with Crippen molar-refractivity contribution in [1.29, 1.82) is 0 Å². The normalized spacial score (nSPS) is 12.0. The molecule has 0 aliphatic heterocycles. The molecule has 0 unspecified atom stereocenters. The molecule has 0 amide bonds. The molecule has 1 aromatic heterocycles. The Balaban J connectivity index is 1.97. The number of hydrogen-bond acceptors (Lipinski definition) is 4. The van der Waals surface area contributed by atoms with Crippen LogP contribution in [0.1, 0.15) is 11.3 Å². The van der Waals surface area contributed by atoms with Gasteiger partial charge >= 0.3 is 6.18 Å². The van der Waals surface area contributed by atoms with Crippen molar-refractivity contribution in [2.24, 2.45) is 5.10 Å². The number of benzene rings is 2. The number of aromatic nitrogens is 2. The van der Waals surface area contributed by atoms with Crippen LogP contribution in [0.4, 0.5) is 23.4 Å². The SMILES string of the molecule is Fc1ccccc1/C=N/Nc1nc2ccccc2nc1C(F)(F)F. The number of hydrazone groups is 1. The highest BCUT2D eigenvalue weighted by Crippen LogP contribution is 2.33. The quantitative estimate of drug-likeness (QED) is 0.443. The summed E-state index contributed by atoms with van der Waals surface area (Å²) in [6.07, 6.45) is -3.63. The van der Waals surface area contributed by atoms with Crippen LogP contribution >= 0.6 is 0 Å². The molecule has 0 radical (unpaired) electrons. The molecule has 4 nitrogen and oxygen atoms in total.